The van der Waals surface area contributed by atoms with Gasteiger partial charge in [-0.25, -0.2) is 4.79 Å². The number of carbonyl (C=O) groups is 2. The highest BCUT2D eigenvalue weighted by Crippen LogP contribution is 2.27. The lowest BCUT2D eigenvalue weighted by atomic mass is 10.2. The molecule has 0 atom stereocenters. The summed E-state index contributed by atoms with van der Waals surface area (Å²) < 4.78 is 0. The second kappa shape index (κ2) is 6.04. The van der Waals surface area contributed by atoms with Crippen molar-refractivity contribution >= 4 is 28.9 Å². The van der Waals surface area contributed by atoms with Crippen LogP contribution in [0.25, 0.3) is 0 Å². The second-order valence-corrected chi connectivity index (χ2v) is 4.88. The molecule has 0 aliphatic rings. The number of hydrogen-bond acceptors (Lipinski definition) is 3. The summed E-state index contributed by atoms with van der Waals surface area (Å²) in [6, 6.07) is 9.09. The van der Waals surface area contributed by atoms with Crippen molar-refractivity contribution in [3.05, 3.63) is 51.7 Å². The van der Waals surface area contributed by atoms with Gasteiger partial charge >= 0.3 is 11.9 Å². The van der Waals surface area contributed by atoms with Gasteiger partial charge in [0.25, 0.3) is 0 Å². The first-order valence-electron chi connectivity index (χ1n) is 5.77. The van der Waals surface area contributed by atoms with Crippen molar-refractivity contribution in [1.82, 2.24) is 0 Å². The predicted octanol–water partition coefficient (Wildman–Crippen LogP) is 2.74. The zero-order chi connectivity index (χ0) is 14.5. The molecule has 2 rings (SSSR count). The molecule has 1 aromatic heterocycles. The molecule has 1 amide bonds. The number of amides is 1. The second-order valence-electron chi connectivity index (χ2n) is 4.00. The lowest BCUT2D eigenvalue weighted by molar-refractivity contribution is -0.111. The van der Waals surface area contributed by atoms with Crippen molar-refractivity contribution < 1.29 is 14.7 Å². The quantitative estimate of drug-likeness (QED) is 0.834. The standard InChI is InChI=1S/C15H11NO3S/c1-10-9-20-14(15(18)19)13(10)16-12(17)8-7-11-5-3-2-4-6-11/h2-6,9H,1H3,(H,16,17)(H,18,19). The molecule has 5 heteroatoms. The van der Waals surface area contributed by atoms with Gasteiger partial charge in [0.05, 0.1) is 5.69 Å². The summed E-state index contributed by atoms with van der Waals surface area (Å²) in [7, 11) is 0. The Bertz CT molecular complexity index is 708. The number of nitrogens with one attached hydrogen (secondary N) is 1. The van der Waals surface area contributed by atoms with Crippen LogP contribution in [0.15, 0.2) is 35.7 Å². The molecule has 0 unspecified atom stereocenters. The molecular formula is C15H11NO3S. The first-order valence-corrected chi connectivity index (χ1v) is 6.65. The van der Waals surface area contributed by atoms with E-state index in [-0.39, 0.29) is 4.88 Å². The fraction of sp³-hybridized carbons (Fsp3) is 0.0667. The van der Waals surface area contributed by atoms with E-state index in [1.807, 2.05) is 18.2 Å². The van der Waals surface area contributed by atoms with Crippen LogP contribution in [-0.2, 0) is 4.79 Å². The molecule has 0 fully saturated rings. The topological polar surface area (TPSA) is 66.4 Å². The Labute approximate surface area is 120 Å². The van der Waals surface area contributed by atoms with Crippen LogP contribution in [0.4, 0.5) is 5.69 Å². The maximum Gasteiger partial charge on any atom is 0.348 e. The maximum atomic E-state index is 11.7. The van der Waals surface area contributed by atoms with Crippen LogP contribution < -0.4 is 5.32 Å². The van der Waals surface area contributed by atoms with Crippen molar-refractivity contribution in [2.45, 2.75) is 6.92 Å². The minimum absolute atomic E-state index is 0.109. The summed E-state index contributed by atoms with van der Waals surface area (Å²) in [6.45, 7) is 1.74. The zero-order valence-electron chi connectivity index (χ0n) is 10.6. The molecule has 2 aromatic rings. The lowest BCUT2D eigenvalue weighted by Gasteiger charge is -2.01. The Morgan fingerprint density at radius 1 is 1.25 bits per heavy atom. The number of carboxylic acid groups (broad SMARTS) is 1. The number of carbonyl (C=O) groups excluding carboxylic acids is 1. The Morgan fingerprint density at radius 2 is 1.95 bits per heavy atom. The number of aromatic carboxylic acids is 1. The van der Waals surface area contributed by atoms with Gasteiger partial charge in [-0.05, 0) is 30.0 Å². The van der Waals surface area contributed by atoms with Gasteiger partial charge in [-0.1, -0.05) is 24.1 Å². The van der Waals surface area contributed by atoms with Crippen LogP contribution in [0, 0.1) is 18.8 Å². The molecular weight excluding hydrogens is 274 g/mol. The fourth-order valence-corrected chi connectivity index (χ4v) is 2.40. The van der Waals surface area contributed by atoms with Crippen LogP contribution in [-0.4, -0.2) is 17.0 Å². The third-order valence-electron chi connectivity index (χ3n) is 2.50. The Hall–Kier alpha value is -2.58. The van der Waals surface area contributed by atoms with E-state index in [0.717, 1.165) is 16.9 Å². The lowest BCUT2D eigenvalue weighted by Crippen LogP contribution is -2.11. The normalized spacial score (nSPS) is 9.45. The van der Waals surface area contributed by atoms with Crippen LogP contribution >= 0.6 is 11.3 Å². The Balaban J connectivity index is 2.16. The van der Waals surface area contributed by atoms with Crippen LogP contribution in [0.3, 0.4) is 0 Å². The Morgan fingerprint density at radius 3 is 2.60 bits per heavy atom. The summed E-state index contributed by atoms with van der Waals surface area (Å²) in [5.41, 5.74) is 1.75. The average molecular weight is 285 g/mol. The van der Waals surface area contributed by atoms with Crippen molar-refractivity contribution in [1.29, 1.82) is 0 Å². The average Bonchev–Trinajstić information content (AvgIpc) is 2.79. The molecule has 0 spiro atoms. The highest BCUT2D eigenvalue weighted by molar-refractivity contribution is 7.12. The molecule has 1 aromatic carbocycles. The number of rotatable bonds is 2. The van der Waals surface area contributed by atoms with E-state index in [4.69, 9.17) is 5.11 Å². The van der Waals surface area contributed by atoms with E-state index in [1.54, 1.807) is 24.4 Å². The molecule has 2 N–H and O–H groups in total. The molecule has 0 saturated heterocycles. The third kappa shape index (κ3) is 3.25. The fourth-order valence-electron chi connectivity index (χ4n) is 1.55. The first-order chi connectivity index (χ1) is 9.58. The summed E-state index contributed by atoms with van der Waals surface area (Å²) in [6.07, 6.45) is 0. The van der Waals surface area contributed by atoms with Gasteiger partial charge in [0, 0.05) is 11.5 Å². The van der Waals surface area contributed by atoms with Gasteiger partial charge in [0.15, 0.2) is 0 Å². The van der Waals surface area contributed by atoms with Crippen molar-refractivity contribution in [3.8, 4) is 11.8 Å². The van der Waals surface area contributed by atoms with Crippen LogP contribution in [0.1, 0.15) is 20.8 Å². The van der Waals surface area contributed by atoms with E-state index < -0.39 is 11.9 Å². The minimum atomic E-state index is -1.06. The first kappa shape index (κ1) is 13.8. The largest absolute Gasteiger partial charge is 0.477 e. The summed E-state index contributed by atoms with van der Waals surface area (Å²) in [4.78, 5) is 22.9. The number of benzene rings is 1. The molecule has 0 aliphatic heterocycles. The highest BCUT2D eigenvalue weighted by atomic mass is 32.1. The summed E-state index contributed by atoms with van der Waals surface area (Å²) in [5, 5.41) is 13.2. The van der Waals surface area contributed by atoms with Gasteiger partial charge in [0.2, 0.25) is 0 Å². The van der Waals surface area contributed by atoms with E-state index >= 15 is 0 Å². The predicted molar refractivity (Wildman–Crippen MR) is 78.0 cm³/mol. The SMILES string of the molecule is Cc1csc(C(=O)O)c1NC(=O)C#Cc1ccccc1. The number of thiophene rings is 1. The highest BCUT2D eigenvalue weighted by Gasteiger charge is 2.16. The number of carboxylic acids is 1. The molecule has 0 radical (unpaired) electrons. The van der Waals surface area contributed by atoms with E-state index in [2.05, 4.69) is 17.2 Å². The van der Waals surface area contributed by atoms with Crippen molar-refractivity contribution in [3.63, 3.8) is 0 Å². The van der Waals surface area contributed by atoms with Gasteiger partial charge in [-0.3, -0.25) is 4.79 Å². The van der Waals surface area contributed by atoms with E-state index in [0.29, 0.717) is 11.3 Å². The number of hydrogen-bond donors (Lipinski definition) is 2. The van der Waals surface area contributed by atoms with Crippen LogP contribution in [0.2, 0.25) is 0 Å². The van der Waals surface area contributed by atoms with Gasteiger partial charge in [-0.15, -0.1) is 11.3 Å². The molecule has 4 nitrogen and oxygen atoms in total. The van der Waals surface area contributed by atoms with Gasteiger partial charge in [0.1, 0.15) is 4.88 Å². The zero-order valence-corrected chi connectivity index (χ0v) is 11.5. The minimum Gasteiger partial charge on any atom is -0.477 e. The third-order valence-corrected chi connectivity index (χ3v) is 3.59. The summed E-state index contributed by atoms with van der Waals surface area (Å²) in [5.74, 6) is 3.57. The maximum absolute atomic E-state index is 11.7. The Kier molecular flexibility index (Phi) is 4.18. The number of aryl methyl sites for hydroxylation is 1. The molecule has 0 saturated carbocycles. The molecule has 20 heavy (non-hydrogen) atoms. The molecule has 0 aliphatic carbocycles. The van der Waals surface area contributed by atoms with Crippen molar-refractivity contribution in [2.75, 3.05) is 5.32 Å². The number of anilines is 1. The summed E-state index contributed by atoms with van der Waals surface area (Å²) >= 11 is 1.08. The van der Waals surface area contributed by atoms with E-state index in [9.17, 15) is 9.59 Å². The van der Waals surface area contributed by atoms with Gasteiger partial charge in [-0.2, -0.15) is 0 Å². The van der Waals surface area contributed by atoms with Gasteiger partial charge < -0.3 is 10.4 Å². The smallest absolute Gasteiger partial charge is 0.348 e. The van der Waals surface area contributed by atoms with Crippen molar-refractivity contribution in [2.24, 2.45) is 0 Å². The monoisotopic (exact) mass is 285 g/mol. The van der Waals surface area contributed by atoms with Crippen LogP contribution in [0.5, 0.6) is 0 Å². The molecule has 1 heterocycles. The molecule has 0 bridgehead atoms. The molecule has 100 valence electrons. The van der Waals surface area contributed by atoms with E-state index in [1.165, 1.54) is 0 Å².